The highest BCUT2D eigenvalue weighted by atomic mass is 32.2. The Balaban J connectivity index is 2.67. The fourth-order valence-corrected chi connectivity index (χ4v) is 3.74. The van der Waals surface area contributed by atoms with Gasteiger partial charge >= 0.3 is 11.9 Å². The molecule has 0 amide bonds. The van der Waals surface area contributed by atoms with Gasteiger partial charge in [0, 0.05) is 0 Å². The Morgan fingerprint density at radius 2 is 1.85 bits per heavy atom. The predicted octanol–water partition coefficient (Wildman–Crippen LogP) is 0.646. The number of carboxylic acids is 1. The van der Waals surface area contributed by atoms with Crippen LogP contribution < -0.4 is 4.72 Å². The first kappa shape index (κ1) is 16.9. The first-order valence-electron chi connectivity index (χ1n) is 6.72. The Hall–Kier alpha value is -1.15. The van der Waals surface area contributed by atoms with Gasteiger partial charge in [0.25, 0.3) is 0 Å². The molecule has 0 unspecified atom stereocenters. The van der Waals surface area contributed by atoms with Crippen molar-refractivity contribution in [3.05, 3.63) is 0 Å². The molecule has 0 bridgehead atoms. The van der Waals surface area contributed by atoms with Crippen molar-refractivity contribution >= 4 is 22.0 Å². The monoisotopic (exact) mass is 307 g/mol. The van der Waals surface area contributed by atoms with E-state index >= 15 is 0 Å². The fourth-order valence-electron chi connectivity index (χ4n) is 2.31. The van der Waals surface area contributed by atoms with Gasteiger partial charge in [-0.2, -0.15) is 4.72 Å². The summed E-state index contributed by atoms with van der Waals surface area (Å²) >= 11 is 0. The number of carbonyl (C=O) groups is 2. The SMILES string of the molecule is CCOC(=O)CCS(=O)(=O)NC1(C(=O)O)CCCCC1. The van der Waals surface area contributed by atoms with Crippen LogP contribution in [0.2, 0.25) is 0 Å². The minimum atomic E-state index is -3.83. The van der Waals surface area contributed by atoms with Crippen molar-refractivity contribution in [2.24, 2.45) is 0 Å². The molecule has 1 rings (SSSR count). The van der Waals surface area contributed by atoms with Gasteiger partial charge in [-0.05, 0) is 19.8 Å². The second-order valence-electron chi connectivity index (χ2n) is 4.92. The van der Waals surface area contributed by atoms with E-state index in [1.807, 2.05) is 0 Å². The largest absolute Gasteiger partial charge is 0.480 e. The van der Waals surface area contributed by atoms with Gasteiger partial charge in [-0.15, -0.1) is 0 Å². The second-order valence-corrected chi connectivity index (χ2v) is 6.77. The molecule has 1 fully saturated rings. The summed E-state index contributed by atoms with van der Waals surface area (Å²) in [5, 5.41) is 9.30. The van der Waals surface area contributed by atoms with E-state index in [0.717, 1.165) is 6.42 Å². The standard InChI is InChI=1S/C12H21NO6S/c1-2-19-10(14)6-9-20(17,18)13-12(11(15)16)7-4-3-5-8-12/h13H,2-9H2,1H3,(H,15,16). The van der Waals surface area contributed by atoms with Crippen molar-refractivity contribution in [1.29, 1.82) is 0 Å². The lowest BCUT2D eigenvalue weighted by molar-refractivity contribution is -0.145. The normalized spacial score (nSPS) is 18.4. The maximum Gasteiger partial charge on any atom is 0.324 e. The topological polar surface area (TPSA) is 110 Å². The molecule has 1 aliphatic rings. The van der Waals surface area contributed by atoms with Gasteiger partial charge in [0.1, 0.15) is 5.54 Å². The third kappa shape index (κ3) is 4.75. The van der Waals surface area contributed by atoms with Crippen molar-refractivity contribution in [3.8, 4) is 0 Å². The molecule has 0 aromatic carbocycles. The van der Waals surface area contributed by atoms with E-state index in [2.05, 4.69) is 9.46 Å². The molecule has 8 heteroatoms. The third-order valence-corrected chi connectivity index (χ3v) is 4.79. The van der Waals surface area contributed by atoms with Gasteiger partial charge in [0.2, 0.25) is 10.0 Å². The van der Waals surface area contributed by atoms with Crippen molar-refractivity contribution in [3.63, 3.8) is 0 Å². The Bertz CT molecular complexity index is 453. The van der Waals surface area contributed by atoms with Crippen LogP contribution in [0.5, 0.6) is 0 Å². The molecule has 1 aliphatic carbocycles. The average Bonchev–Trinajstić information content (AvgIpc) is 2.37. The summed E-state index contributed by atoms with van der Waals surface area (Å²) in [6, 6.07) is 0. The number of sulfonamides is 1. The minimum absolute atomic E-state index is 0.186. The zero-order valence-electron chi connectivity index (χ0n) is 11.6. The molecule has 0 saturated heterocycles. The number of hydrogen-bond donors (Lipinski definition) is 2. The molecular formula is C12H21NO6S. The number of carboxylic acid groups (broad SMARTS) is 1. The van der Waals surface area contributed by atoms with E-state index in [9.17, 15) is 23.1 Å². The van der Waals surface area contributed by atoms with E-state index in [1.165, 1.54) is 0 Å². The molecule has 0 aromatic rings. The number of rotatable bonds is 7. The Morgan fingerprint density at radius 3 is 2.35 bits per heavy atom. The van der Waals surface area contributed by atoms with Crippen LogP contribution >= 0.6 is 0 Å². The molecule has 0 aliphatic heterocycles. The molecule has 0 spiro atoms. The average molecular weight is 307 g/mol. The maximum atomic E-state index is 11.9. The molecule has 2 N–H and O–H groups in total. The summed E-state index contributed by atoms with van der Waals surface area (Å²) in [5.74, 6) is -2.22. The van der Waals surface area contributed by atoms with Gasteiger partial charge < -0.3 is 9.84 Å². The summed E-state index contributed by atoms with van der Waals surface area (Å²) in [5.41, 5.74) is -1.42. The highest BCUT2D eigenvalue weighted by Gasteiger charge is 2.42. The number of aliphatic carboxylic acids is 1. The Morgan fingerprint density at radius 1 is 1.25 bits per heavy atom. The summed E-state index contributed by atoms with van der Waals surface area (Å²) in [7, 11) is -3.83. The summed E-state index contributed by atoms with van der Waals surface area (Å²) in [6.07, 6.45) is 2.53. The van der Waals surface area contributed by atoms with Gasteiger partial charge in [-0.3, -0.25) is 9.59 Å². The molecular weight excluding hydrogens is 286 g/mol. The van der Waals surface area contributed by atoms with Crippen molar-refractivity contribution in [1.82, 2.24) is 4.72 Å². The molecule has 0 heterocycles. The molecule has 20 heavy (non-hydrogen) atoms. The summed E-state index contributed by atoms with van der Waals surface area (Å²) in [6.45, 7) is 1.82. The Labute approximate surface area is 118 Å². The van der Waals surface area contributed by atoms with Gasteiger partial charge in [-0.25, -0.2) is 8.42 Å². The minimum Gasteiger partial charge on any atom is -0.480 e. The third-order valence-electron chi connectivity index (χ3n) is 3.35. The highest BCUT2D eigenvalue weighted by Crippen LogP contribution is 2.29. The zero-order valence-corrected chi connectivity index (χ0v) is 12.4. The van der Waals surface area contributed by atoms with Crippen LogP contribution in [0.25, 0.3) is 0 Å². The van der Waals surface area contributed by atoms with E-state index in [0.29, 0.717) is 12.8 Å². The molecule has 1 saturated carbocycles. The summed E-state index contributed by atoms with van der Waals surface area (Å²) in [4.78, 5) is 22.5. The van der Waals surface area contributed by atoms with E-state index in [1.54, 1.807) is 6.92 Å². The molecule has 0 aromatic heterocycles. The first-order valence-corrected chi connectivity index (χ1v) is 8.37. The fraction of sp³-hybridized carbons (Fsp3) is 0.833. The van der Waals surface area contributed by atoms with Crippen LogP contribution in [0, 0.1) is 0 Å². The number of nitrogens with one attached hydrogen (secondary N) is 1. The number of carbonyl (C=O) groups excluding carboxylic acids is 1. The zero-order chi connectivity index (χ0) is 15.2. The van der Waals surface area contributed by atoms with Crippen LogP contribution in [0.1, 0.15) is 45.4 Å². The number of ether oxygens (including phenoxy) is 1. The van der Waals surface area contributed by atoms with Crippen LogP contribution in [0.15, 0.2) is 0 Å². The lowest BCUT2D eigenvalue weighted by Gasteiger charge is -2.33. The van der Waals surface area contributed by atoms with Crippen molar-refractivity contribution in [2.45, 2.75) is 51.0 Å². The Kier molecular flexibility index (Phi) is 5.94. The van der Waals surface area contributed by atoms with Gasteiger partial charge in [0.05, 0.1) is 18.8 Å². The van der Waals surface area contributed by atoms with E-state index < -0.39 is 33.3 Å². The number of esters is 1. The second kappa shape index (κ2) is 7.03. The predicted molar refractivity (Wildman–Crippen MR) is 71.6 cm³/mol. The van der Waals surface area contributed by atoms with E-state index in [-0.39, 0.29) is 25.9 Å². The lowest BCUT2D eigenvalue weighted by Crippen LogP contribution is -2.56. The van der Waals surface area contributed by atoms with Gasteiger partial charge in [0.15, 0.2) is 0 Å². The number of hydrogen-bond acceptors (Lipinski definition) is 5. The van der Waals surface area contributed by atoms with Gasteiger partial charge in [-0.1, -0.05) is 19.3 Å². The van der Waals surface area contributed by atoms with Crippen LogP contribution in [0.4, 0.5) is 0 Å². The van der Waals surface area contributed by atoms with E-state index in [4.69, 9.17) is 0 Å². The molecule has 0 radical (unpaired) electrons. The van der Waals surface area contributed by atoms with Crippen molar-refractivity contribution in [2.75, 3.05) is 12.4 Å². The van der Waals surface area contributed by atoms with Crippen LogP contribution in [0.3, 0.4) is 0 Å². The molecule has 0 atom stereocenters. The quantitative estimate of drug-likeness (QED) is 0.668. The first-order chi connectivity index (χ1) is 9.31. The van der Waals surface area contributed by atoms with Crippen LogP contribution in [-0.2, 0) is 24.3 Å². The summed E-state index contributed by atoms with van der Waals surface area (Å²) < 4.78 is 30.8. The molecule has 116 valence electrons. The smallest absolute Gasteiger partial charge is 0.324 e. The van der Waals surface area contributed by atoms with Crippen LogP contribution in [-0.4, -0.2) is 43.4 Å². The highest BCUT2D eigenvalue weighted by molar-refractivity contribution is 7.89. The van der Waals surface area contributed by atoms with Crippen molar-refractivity contribution < 1.29 is 27.9 Å². The maximum absolute atomic E-state index is 11.9. The molecule has 7 nitrogen and oxygen atoms in total. The lowest BCUT2D eigenvalue weighted by atomic mass is 9.83.